The fourth-order valence-electron chi connectivity index (χ4n) is 1.61. The highest BCUT2D eigenvalue weighted by Gasteiger charge is 2.16. The van der Waals surface area contributed by atoms with E-state index in [-0.39, 0.29) is 5.54 Å². The van der Waals surface area contributed by atoms with Crippen molar-refractivity contribution in [3.63, 3.8) is 0 Å². The third-order valence-corrected chi connectivity index (χ3v) is 3.12. The highest BCUT2D eigenvalue weighted by molar-refractivity contribution is 5.27. The Hall–Kier alpha value is -0.820. The van der Waals surface area contributed by atoms with Crippen molar-refractivity contribution in [2.24, 2.45) is 0 Å². The molecule has 0 spiro atoms. The molecule has 0 atom stereocenters. The molecule has 1 heteroatoms. The molecule has 1 rings (SSSR count). The number of nitrogens with one attached hydrogen (secondary N) is 1. The summed E-state index contributed by atoms with van der Waals surface area (Å²) in [4.78, 5) is 0. The number of benzene rings is 1. The Balaban J connectivity index is 2.72. The molecule has 84 valence electrons. The molecule has 0 saturated carbocycles. The standard InChI is InChI=1S/C14H23N/c1-5-6-7-12-8-10-13(11-9-12)14(2,3)15-4/h8-11,15H,5-7H2,1-4H3. The predicted octanol–water partition coefficient (Wildman–Crippen LogP) is 3.48. The highest BCUT2D eigenvalue weighted by Crippen LogP contribution is 2.20. The summed E-state index contributed by atoms with van der Waals surface area (Å²) in [5.41, 5.74) is 2.88. The van der Waals surface area contributed by atoms with E-state index < -0.39 is 0 Å². The quantitative estimate of drug-likeness (QED) is 0.776. The first-order valence-corrected chi connectivity index (χ1v) is 5.88. The van der Waals surface area contributed by atoms with E-state index in [1.165, 1.54) is 30.4 Å². The molecule has 0 radical (unpaired) electrons. The molecule has 0 bridgehead atoms. The van der Waals surface area contributed by atoms with E-state index in [2.05, 4.69) is 50.4 Å². The van der Waals surface area contributed by atoms with Crippen LogP contribution in [0.3, 0.4) is 0 Å². The molecule has 1 N–H and O–H groups in total. The molecule has 0 aliphatic carbocycles. The fourth-order valence-corrected chi connectivity index (χ4v) is 1.61. The Labute approximate surface area is 93.9 Å². The number of hydrogen-bond donors (Lipinski definition) is 1. The maximum atomic E-state index is 3.32. The van der Waals surface area contributed by atoms with Crippen LogP contribution in [0, 0.1) is 0 Å². The minimum atomic E-state index is 0.0727. The SMILES string of the molecule is CCCCc1ccc(C(C)(C)NC)cc1. The van der Waals surface area contributed by atoms with Gasteiger partial charge >= 0.3 is 0 Å². The number of aryl methyl sites for hydroxylation is 1. The molecule has 1 aromatic rings. The molecule has 0 amide bonds. The van der Waals surface area contributed by atoms with Crippen LogP contribution in [-0.4, -0.2) is 7.05 Å². The second-order valence-corrected chi connectivity index (χ2v) is 4.68. The third-order valence-electron chi connectivity index (χ3n) is 3.12. The van der Waals surface area contributed by atoms with Crippen molar-refractivity contribution in [1.29, 1.82) is 0 Å². The Morgan fingerprint density at radius 3 is 2.20 bits per heavy atom. The molecule has 15 heavy (non-hydrogen) atoms. The maximum absolute atomic E-state index is 3.32. The summed E-state index contributed by atoms with van der Waals surface area (Å²) in [6, 6.07) is 8.98. The van der Waals surface area contributed by atoms with Gasteiger partial charge in [0.2, 0.25) is 0 Å². The van der Waals surface area contributed by atoms with Gasteiger partial charge in [-0.2, -0.15) is 0 Å². The Morgan fingerprint density at radius 1 is 1.13 bits per heavy atom. The van der Waals surface area contributed by atoms with Gasteiger partial charge in [-0.05, 0) is 44.9 Å². The molecule has 0 heterocycles. The van der Waals surface area contributed by atoms with Crippen LogP contribution in [0.25, 0.3) is 0 Å². The van der Waals surface area contributed by atoms with E-state index in [1.54, 1.807) is 0 Å². The molecule has 0 aliphatic heterocycles. The van der Waals surface area contributed by atoms with Crippen molar-refractivity contribution < 1.29 is 0 Å². The zero-order valence-electron chi connectivity index (χ0n) is 10.4. The smallest absolute Gasteiger partial charge is 0.0374 e. The first-order valence-electron chi connectivity index (χ1n) is 5.88. The van der Waals surface area contributed by atoms with E-state index >= 15 is 0 Å². The van der Waals surface area contributed by atoms with E-state index in [0.717, 1.165) is 0 Å². The van der Waals surface area contributed by atoms with Crippen molar-refractivity contribution in [2.45, 2.75) is 45.6 Å². The van der Waals surface area contributed by atoms with Crippen LogP contribution >= 0.6 is 0 Å². The van der Waals surface area contributed by atoms with Crippen LogP contribution in [0.4, 0.5) is 0 Å². The van der Waals surface area contributed by atoms with E-state index in [0.29, 0.717) is 0 Å². The largest absolute Gasteiger partial charge is 0.311 e. The van der Waals surface area contributed by atoms with Gasteiger partial charge in [0, 0.05) is 5.54 Å². The van der Waals surface area contributed by atoms with Crippen molar-refractivity contribution in [1.82, 2.24) is 5.32 Å². The van der Waals surface area contributed by atoms with Gasteiger partial charge in [0.1, 0.15) is 0 Å². The van der Waals surface area contributed by atoms with Crippen molar-refractivity contribution in [2.75, 3.05) is 7.05 Å². The van der Waals surface area contributed by atoms with Crippen molar-refractivity contribution in [3.8, 4) is 0 Å². The first-order chi connectivity index (χ1) is 7.10. The molecule has 1 aromatic carbocycles. The van der Waals surface area contributed by atoms with Crippen molar-refractivity contribution in [3.05, 3.63) is 35.4 Å². The number of unbranched alkanes of at least 4 members (excludes halogenated alkanes) is 1. The predicted molar refractivity (Wildman–Crippen MR) is 67.1 cm³/mol. The summed E-state index contributed by atoms with van der Waals surface area (Å²) in [6.07, 6.45) is 3.76. The molecular weight excluding hydrogens is 182 g/mol. The Bertz CT molecular complexity index is 285. The Morgan fingerprint density at radius 2 is 1.73 bits per heavy atom. The fraction of sp³-hybridized carbons (Fsp3) is 0.571. The molecule has 0 unspecified atom stereocenters. The minimum absolute atomic E-state index is 0.0727. The first kappa shape index (κ1) is 12.3. The van der Waals surface area contributed by atoms with Gasteiger partial charge in [-0.3, -0.25) is 0 Å². The lowest BCUT2D eigenvalue weighted by Crippen LogP contribution is -2.32. The monoisotopic (exact) mass is 205 g/mol. The molecule has 1 nitrogen and oxygen atoms in total. The number of rotatable bonds is 5. The lowest BCUT2D eigenvalue weighted by molar-refractivity contribution is 0.444. The lowest BCUT2D eigenvalue weighted by Gasteiger charge is -2.24. The normalized spacial score (nSPS) is 11.7. The maximum Gasteiger partial charge on any atom is 0.0374 e. The van der Waals surface area contributed by atoms with E-state index in [4.69, 9.17) is 0 Å². The summed E-state index contributed by atoms with van der Waals surface area (Å²) in [6.45, 7) is 6.64. The number of hydrogen-bond acceptors (Lipinski definition) is 1. The van der Waals surface area contributed by atoms with Gasteiger partial charge in [-0.25, -0.2) is 0 Å². The average molecular weight is 205 g/mol. The summed E-state index contributed by atoms with van der Waals surface area (Å²) in [5, 5.41) is 3.32. The summed E-state index contributed by atoms with van der Waals surface area (Å²) in [7, 11) is 2.00. The average Bonchev–Trinajstić information content (AvgIpc) is 2.27. The minimum Gasteiger partial charge on any atom is -0.311 e. The van der Waals surface area contributed by atoms with Crippen LogP contribution < -0.4 is 5.32 Å². The van der Waals surface area contributed by atoms with Gasteiger partial charge in [-0.15, -0.1) is 0 Å². The summed E-state index contributed by atoms with van der Waals surface area (Å²) >= 11 is 0. The van der Waals surface area contributed by atoms with Crippen LogP contribution in [0.5, 0.6) is 0 Å². The highest BCUT2D eigenvalue weighted by atomic mass is 14.9. The third kappa shape index (κ3) is 3.35. The molecule has 0 aliphatic rings. The summed E-state index contributed by atoms with van der Waals surface area (Å²) < 4.78 is 0. The van der Waals surface area contributed by atoms with E-state index in [9.17, 15) is 0 Å². The second-order valence-electron chi connectivity index (χ2n) is 4.68. The molecule has 0 aromatic heterocycles. The molecule has 0 fully saturated rings. The topological polar surface area (TPSA) is 12.0 Å². The zero-order valence-corrected chi connectivity index (χ0v) is 10.4. The van der Waals surface area contributed by atoms with Crippen LogP contribution in [0.1, 0.15) is 44.7 Å². The van der Waals surface area contributed by atoms with Gasteiger partial charge in [0.05, 0.1) is 0 Å². The summed E-state index contributed by atoms with van der Waals surface area (Å²) in [5.74, 6) is 0. The van der Waals surface area contributed by atoms with Gasteiger partial charge in [0.15, 0.2) is 0 Å². The van der Waals surface area contributed by atoms with Crippen LogP contribution in [-0.2, 0) is 12.0 Å². The second kappa shape index (κ2) is 5.32. The van der Waals surface area contributed by atoms with E-state index in [1.807, 2.05) is 7.05 Å². The Kier molecular flexibility index (Phi) is 4.34. The molecule has 0 saturated heterocycles. The molecular formula is C14H23N. The lowest BCUT2D eigenvalue weighted by atomic mass is 9.93. The van der Waals surface area contributed by atoms with Gasteiger partial charge in [-0.1, -0.05) is 37.6 Å². The van der Waals surface area contributed by atoms with Crippen LogP contribution in [0.15, 0.2) is 24.3 Å². The van der Waals surface area contributed by atoms with Gasteiger partial charge < -0.3 is 5.32 Å². The van der Waals surface area contributed by atoms with Crippen molar-refractivity contribution >= 4 is 0 Å². The zero-order chi connectivity index (χ0) is 11.3. The van der Waals surface area contributed by atoms with Crippen LogP contribution in [0.2, 0.25) is 0 Å². The van der Waals surface area contributed by atoms with Gasteiger partial charge in [0.25, 0.3) is 0 Å².